The van der Waals surface area contributed by atoms with Crippen LogP contribution in [0.3, 0.4) is 0 Å². The fourth-order valence-electron chi connectivity index (χ4n) is 1.44. The minimum Gasteiger partial charge on any atom is -0.362 e. The second-order valence-electron chi connectivity index (χ2n) is 4.00. The van der Waals surface area contributed by atoms with E-state index in [9.17, 15) is 23.3 Å². The number of aromatic nitrogens is 1. The molecule has 0 aliphatic carbocycles. The van der Waals surface area contributed by atoms with Crippen LogP contribution in [-0.2, 0) is 0 Å². The molecule has 1 aromatic rings. The first-order valence-corrected chi connectivity index (χ1v) is 5.13. The maximum absolute atomic E-state index is 12.1. The van der Waals surface area contributed by atoms with Crippen LogP contribution in [0.25, 0.3) is 0 Å². The Hall–Kier alpha value is -1.86. The van der Waals surface area contributed by atoms with E-state index in [1.54, 1.807) is 6.92 Å². The summed E-state index contributed by atoms with van der Waals surface area (Å²) in [6.45, 7) is 2.90. The zero-order valence-corrected chi connectivity index (χ0v) is 9.78. The van der Waals surface area contributed by atoms with Crippen molar-refractivity contribution in [1.82, 2.24) is 4.98 Å². The minimum absolute atomic E-state index is 0.151. The number of anilines is 1. The van der Waals surface area contributed by atoms with E-state index in [2.05, 4.69) is 10.3 Å². The lowest BCUT2D eigenvalue weighted by molar-refractivity contribution is -0.384. The number of hydrogen-bond acceptors (Lipinski definition) is 4. The van der Waals surface area contributed by atoms with Crippen molar-refractivity contribution >= 4 is 11.5 Å². The Balaban J connectivity index is 2.87. The van der Waals surface area contributed by atoms with Gasteiger partial charge in [0, 0.05) is 18.3 Å². The van der Waals surface area contributed by atoms with Gasteiger partial charge < -0.3 is 5.32 Å². The highest BCUT2D eigenvalue weighted by Crippen LogP contribution is 2.26. The van der Waals surface area contributed by atoms with Crippen LogP contribution in [0.1, 0.15) is 18.9 Å². The molecule has 1 rings (SSSR count). The van der Waals surface area contributed by atoms with Gasteiger partial charge in [-0.15, -0.1) is 0 Å². The molecular formula is C10H12F3N3O2. The number of pyridine rings is 1. The fraction of sp³-hybridized carbons (Fsp3) is 0.500. The normalized spacial score (nSPS) is 13.2. The number of rotatable bonds is 4. The van der Waals surface area contributed by atoms with E-state index < -0.39 is 23.6 Å². The van der Waals surface area contributed by atoms with E-state index in [0.717, 1.165) is 0 Å². The highest BCUT2D eigenvalue weighted by atomic mass is 19.4. The first kappa shape index (κ1) is 14.2. The molecule has 1 unspecified atom stereocenters. The van der Waals surface area contributed by atoms with Crippen LogP contribution in [0.5, 0.6) is 0 Å². The van der Waals surface area contributed by atoms with Gasteiger partial charge in [-0.1, -0.05) is 0 Å². The molecule has 0 spiro atoms. The van der Waals surface area contributed by atoms with Crippen LogP contribution in [-0.4, -0.2) is 22.1 Å². The fourth-order valence-corrected chi connectivity index (χ4v) is 1.44. The van der Waals surface area contributed by atoms with E-state index in [1.165, 1.54) is 19.2 Å². The zero-order chi connectivity index (χ0) is 13.9. The van der Waals surface area contributed by atoms with E-state index in [-0.39, 0.29) is 11.5 Å². The van der Waals surface area contributed by atoms with Gasteiger partial charge in [0.1, 0.15) is 0 Å². The summed E-state index contributed by atoms with van der Waals surface area (Å²) in [6.07, 6.45) is -4.05. The number of alkyl halides is 3. The number of nitrogens with one attached hydrogen (secondary N) is 1. The number of halogens is 3. The van der Waals surface area contributed by atoms with Crippen molar-refractivity contribution in [2.24, 2.45) is 0 Å². The smallest absolute Gasteiger partial charge is 0.362 e. The first-order valence-electron chi connectivity index (χ1n) is 5.13. The summed E-state index contributed by atoms with van der Waals surface area (Å²) in [5.74, 6) is -0.151. The Morgan fingerprint density at radius 2 is 2.17 bits per heavy atom. The van der Waals surface area contributed by atoms with Crippen molar-refractivity contribution in [1.29, 1.82) is 0 Å². The molecule has 8 heteroatoms. The minimum atomic E-state index is -4.33. The van der Waals surface area contributed by atoms with Crippen molar-refractivity contribution in [3.63, 3.8) is 0 Å². The molecule has 0 aliphatic heterocycles. The van der Waals surface area contributed by atoms with Crippen LogP contribution < -0.4 is 5.32 Å². The van der Waals surface area contributed by atoms with Gasteiger partial charge >= 0.3 is 11.9 Å². The first-order chi connectivity index (χ1) is 8.19. The molecule has 1 aromatic heterocycles. The third kappa shape index (κ3) is 4.19. The summed E-state index contributed by atoms with van der Waals surface area (Å²) in [4.78, 5) is 13.8. The number of aryl methyl sites for hydroxylation is 1. The summed E-state index contributed by atoms with van der Waals surface area (Å²) in [6, 6.07) is 0.272. The molecule has 0 saturated carbocycles. The molecule has 0 radical (unpaired) electrons. The summed E-state index contributed by atoms with van der Waals surface area (Å²) in [7, 11) is 0. The molecule has 1 heterocycles. The monoisotopic (exact) mass is 263 g/mol. The predicted octanol–water partition coefficient (Wildman–Crippen LogP) is 3.05. The Morgan fingerprint density at radius 3 is 2.67 bits per heavy atom. The highest BCUT2D eigenvalue weighted by Gasteiger charge is 2.31. The molecule has 100 valence electrons. The van der Waals surface area contributed by atoms with E-state index in [0.29, 0.717) is 5.56 Å². The highest BCUT2D eigenvalue weighted by molar-refractivity contribution is 5.56. The molecule has 18 heavy (non-hydrogen) atoms. The Morgan fingerprint density at radius 1 is 1.56 bits per heavy atom. The molecule has 1 atom stereocenters. The van der Waals surface area contributed by atoms with E-state index >= 15 is 0 Å². The van der Waals surface area contributed by atoms with Crippen molar-refractivity contribution in [3.05, 3.63) is 27.9 Å². The molecular weight excluding hydrogens is 251 g/mol. The Labute approximate surface area is 101 Å². The van der Waals surface area contributed by atoms with Gasteiger partial charge in [0.25, 0.3) is 0 Å². The topological polar surface area (TPSA) is 68.1 Å². The largest absolute Gasteiger partial charge is 0.391 e. The molecule has 0 fully saturated rings. The van der Waals surface area contributed by atoms with Crippen molar-refractivity contribution in [3.8, 4) is 0 Å². The molecule has 0 aromatic carbocycles. The van der Waals surface area contributed by atoms with Gasteiger partial charge in [0.15, 0.2) is 0 Å². The van der Waals surface area contributed by atoms with Crippen LogP contribution in [0, 0.1) is 17.0 Å². The third-order valence-corrected chi connectivity index (χ3v) is 2.12. The molecule has 0 amide bonds. The number of nitrogens with zero attached hydrogens (tertiary/aromatic N) is 2. The lowest BCUT2D eigenvalue weighted by Crippen LogP contribution is -2.24. The van der Waals surface area contributed by atoms with Gasteiger partial charge in [-0.05, 0) is 19.4 Å². The average molecular weight is 263 g/mol. The summed E-state index contributed by atoms with van der Waals surface area (Å²) in [5, 5.41) is 13.1. The molecule has 1 N–H and O–H groups in total. The SMILES string of the molecule is Cc1cnc(NC(C)CC(F)(F)F)c([N+](=O)[O-])c1. The van der Waals surface area contributed by atoms with Crippen LogP contribution in [0.2, 0.25) is 0 Å². The van der Waals surface area contributed by atoms with Crippen LogP contribution in [0.4, 0.5) is 24.7 Å². The third-order valence-electron chi connectivity index (χ3n) is 2.12. The van der Waals surface area contributed by atoms with Gasteiger partial charge in [0.05, 0.1) is 11.3 Å². The molecule has 0 aliphatic rings. The maximum atomic E-state index is 12.1. The van der Waals surface area contributed by atoms with Gasteiger partial charge in [-0.3, -0.25) is 10.1 Å². The van der Waals surface area contributed by atoms with Gasteiger partial charge in [0.2, 0.25) is 5.82 Å². The van der Waals surface area contributed by atoms with E-state index in [1.807, 2.05) is 0 Å². The summed E-state index contributed by atoms with van der Waals surface area (Å²) in [5.41, 5.74) is 0.236. The molecule has 0 bridgehead atoms. The van der Waals surface area contributed by atoms with Gasteiger partial charge in [-0.25, -0.2) is 4.98 Å². The van der Waals surface area contributed by atoms with Crippen molar-refractivity contribution < 1.29 is 18.1 Å². The lowest BCUT2D eigenvalue weighted by Gasteiger charge is -2.16. The van der Waals surface area contributed by atoms with Gasteiger partial charge in [-0.2, -0.15) is 13.2 Å². The quantitative estimate of drug-likeness (QED) is 0.669. The van der Waals surface area contributed by atoms with Crippen molar-refractivity contribution in [2.75, 3.05) is 5.32 Å². The van der Waals surface area contributed by atoms with Crippen molar-refractivity contribution in [2.45, 2.75) is 32.5 Å². The number of hydrogen-bond donors (Lipinski definition) is 1. The maximum Gasteiger partial charge on any atom is 0.391 e. The lowest BCUT2D eigenvalue weighted by atomic mass is 10.2. The van der Waals surface area contributed by atoms with E-state index in [4.69, 9.17) is 0 Å². The van der Waals surface area contributed by atoms with Crippen LogP contribution >= 0.6 is 0 Å². The standard InChI is InChI=1S/C10H12F3N3O2/c1-6-3-8(16(17)18)9(14-5-6)15-7(2)4-10(11,12)13/h3,5,7H,4H2,1-2H3,(H,14,15). The summed E-state index contributed by atoms with van der Waals surface area (Å²) >= 11 is 0. The zero-order valence-electron chi connectivity index (χ0n) is 9.78. The Kier molecular flexibility index (Phi) is 4.10. The second-order valence-corrected chi connectivity index (χ2v) is 4.00. The molecule has 5 nitrogen and oxygen atoms in total. The number of nitro groups is 1. The second kappa shape index (κ2) is 5.19. The Bertz CT molecular complexity index is 448. The van der Waals surface area contributed by atoms with Crippen LogP contribution in [0.15, 0.2) is 12.3 Å². The summed E-state index contributed by atoms with van der Waals surface area (Å²) < 4.78 is 36.4. The average Bonchev–Trinajstić information content (AvgIpc) is 2.17. The molecule has 0 saturated heterocycles. The predicted molar refractivity (Wildman–Crippen MR) is 59.4 cm³/mol.